The maximum Gasteiger partial charge on any atom is 0.00982 e. The molecule has 0 spiro atoms. The van der Waals surface area contributed by atoms with E-state index < -0.39 is 0 Å². The minimum atomic E-state index is 0.871. The van der Waals surface area contributed by atoms with Gasteiger partial charge in [0.2, 0.25) is 0 Å². The fourth-order valence-electron chi connectivity index (χ4n) is 10.4. The van der Waals surface area contributed by atoms with Crippen molar-refractivity contribution in [2.45, 2.75) is 103 Å². The predicted octanol–water partition coefficient (Wildman–Crippen LogP) is 5.87. The second-order valence-corrected chi connectivity index (χ2v) is 13.0. The summed E-state index contributed by atoms with van der Waals surface area (Å²) >= 11 is 0. The summed E-state index contributed by atoms with van der Waals surface area (Å²) in [7, 11) is 0. The zero-order valence-electron chi connectivity index (χ0n) is 19.8. The van der Waals surface area contributed by atoms with E-state index in [1.165, 1.54) is 51.6 Å². The molecule has 0 aromatic carbocycles. The van der Waals surface area contributed by atoms with Crippen LogP contribution in [0.1, 0.15) is 90.9 Å². The van der Waals surface area contributed by atoms with Crippen molar-refractivity contribution in [1.29, 1.82) is 0 Å². The number of nitrogens with one attached hydrogen (secondary N) is 2. The van der Waals surface area contributed by atoms with E-state index in [1.54, 1.807) is 38.5 Å². The molecule has 30 heavy (non-hydrogen) atoms. The summed E-state index contributed by atoms with van der Waals surface area (Å²) in [6, 6.07) is 1.74. The Morgan fingerprint density at radius 2 is 1.03 bits per heavy atom. The molecule has 6 rings (SSSR count). The van der Waals surface area contributed by atoms with Gasteiger partial charge in [-0.2, -0.15) is 0 Å². The first-order valence-corrected chi connectivity index (χ1v) is 14.1. The van der Waals surface area contributed by atoms with Crippen LogP contribution >= 0.6 is 0 Å². The quantitative estimate of drug-likeness (QED) is 0.606. The third-order valence-corrected chi connectivity index (χ3v) is 11.7. The molecular weight excluding hydrogens is 364 g/mol. The van der Waals surface area contributed by atoms with Crippen LogP contribution in [0.5, 0.6) is 0 Å². The van der Waals surface area contributed by atoms with E-state index in [-0.39, 0.29) is 0 Å². The summed E-state index contributed by atoms with van der Waals surface area (Å²) in [4.78, 5) is 0. The fraction of sp³-hybridized carbons (Fsp3) is 1.00. The van der Waals surface area contributed by atoms with Crippen molar-refractivity contribution >= 4 is 0 Å². The molecule has 0 radical (unpaired) electrons. The molecule has 0 bridgehead atoms. The Morgan fingerprint density at radius 1 is 0.567 bits per heavy atom. The molecule has 2 heterocycles. The van der Waals surface area contributed by atoms with Crippen LogP contribution in [0, 0.1) is 59.2 Å². The number of hydrogen-bond donors (Lipinski definition) is 2. The first-order valence-electron chi connectivity index (χ1n) is 14.1. The van der Waals surface area contributed by atoms with Gasteiger partial charge >= 0.3 is 0 Å². The van der Waals surface area contributed by atoms with E-state index in [9.17, 15) is 0 Å². The summed E-state index contributed by atoms with van der Waals surface area (Å²) in [6.07, 6.45) is 18.2. The van der Waals surface area contributed by atoms with E-state index in [2.05, 4.69) is 24.5 Å². The number of hydrogen-bond acceptors (Lipinski definition) is 2. The minimum Gasteiger partial charge on any atom is -0.314 e. The van der Waals surface area contributed by atoms with Gasteiger partial charge in [-0.05, 0) is 149 Å². The highest BCUT2D eigenvalue weighted by molar-refractivity contribution is 5.02. The molecule has 2 N–H and O–H groups in total. The van der Waals surface area contributed by atoms with Crippen LogP contribution in [0.15, 0.2) is 0 Å². The van der Waals surface area contributed by atoms with Gasteiger partial charge in [0.05, 0.1) is 0 Å². The minimum absolute atomic E-state index is 0.871. The highest BCUT2D eigenvalue weighted by Gasteiger charge is 2.50. The molecule has 4 saturated carbocycles. The van der Waals surface area contributed by atoms with E-state index in [4.69, 9.17) is 0 Å². The molecule has 12 unspecified atom stereocenters. The SMILES string of the molecule is CC1CC2CC3CCCNC3CC2C1CCC1C(C)CC2CC3CCCNC3CC21. The van der Waals surface area contributed by atoms with Gasteiger partial charge in [-0.25, -0.2) is 0 Å². The molecule has 170 valence electrons. The molecular formula is C28H48N2. The van der Waals surface area contributed by atoms with Crippen LogP contribution in [0.25, 0.3) is 0 Å². The van der Waals surface area contributed by atoms with Crippen molar-refractivity contribution in [1.82, 2.24) is 10.6 Å². The Morgan fingerprint density at radius 3 is 1.50 bits per heavy atom. The lowest BCUT2D eigenvalue weighted by molar-refractivity contribution is 0.0872. The van der Waals surface area contributed by atoms with E-state index >= 15 is 0 Å². The molecule has 2 heteroatoms. The lowest BCUT2D eigenvalue weighted by Gasteiger charge is -2.44. The zero-order chi connectivity index (χ0) is 20.2. The molecule has 0 aromatic rings. The molecule has 2 saturated heterocycles. The lowest BCUT2D eigenvalue weighted by atomic mass is 9.66. The van der Waals surface area contributed by atoms with Gasteiger partial charge in [0.15, 0.2) is 0 Å². The van der Waals surface area contributed by atoms with Crippen molar-refractivity contribution in [2.24, 2.45) is 59.2 Å². The second-order valence-electron chi connectivity index (χ2n) is 13.0. The summed E-state index contributed by atoms with van der Waals surface area (Å²) in [5, 5.41) is 7.86. The molecule has 4 aliphatic carbocycles. The average molecular weight is 413 g/mol. The van der Waals surface area contributed by atoms with E-state index in [0.717, 1.165) is 71.3 Å². The Hall–Kier alpha value is -0.0800. The van der Waals surface area contributed by atoms with Crippen molar-refractivity contribution in [2.75, 3.05) is 13.1 Å². The normalized spacial score (nSPS) is 55.4. The van der Waals surface area contributed by atoms with Crippen LogP contribution in [-0.2, 0) is 0 Å². The van der Waals surface area contributed by atoms with Gasteiger partial charge in [-0.1, -0.05) is 13.8 Å². The average Bonchev–Trinajstić information content (AvgIpc) is 3.22. The molecule has 2 aliphatic heterocycles. The summed E-state index contributed by atoms with van der Waals surface area (Å²) in [5.41, 5.74) is 0. The van der Waals surface area contributed by atoms with Gasteiger partial charge in [0.25, 0.3) is 0 Å². The molecule has 0 aromatic heterocycles. The second kappa shape index (κ2) is 8.36. The van der Waals surface area contributed by atoms with Gasteiger partial charge < -0.3 is 10.6 Å². The van der Waals surface area contributed by atoms with Crippen LogP contribution in [-0.4, -0.2) is 25.2 Å². The third-order valence-electron chi connectivity index (χ3n) is 11.7. The number of piperidine rings is 2. The maximum absolute atomic E-state index is 3.93. The first-order chi connectivity index (χ1) is 14.7. The predicted molar refractivity (Wildman–Crippen MR) is 125 cm³/mol. The van der Waals surface area contributed by atoms with Gasteiger partial charge in [0.1, 0.15) is 0 Å². The molecule has 6 fully saturated rings. The van der Waals surface area contributed by atoms with Crippen molar-refractivity contribution in [3.05, 3.63) is 0 Å². The molecule has 2 nitrogen and oxygen atoms in total. The van der Waals surface area contributed by atoms with Crippen LogP contribution in [0.2, 0.25) is 0 Å². The van der Waals surface area contributed by atoms with E-state index in [1.807, 2.05) is 0 Å². The van der Waals surface area contributed by atoms with Crippen LogP contribution in [0.4, 0.5) is 0 Å². The highest BCUT2D eigenvalue weighted by Crippen LogP contribution is 2.56. The van der Waals surface area contributed by atoms with Gasteiger partial charge in [0, 0.05) is 12.1 Å². The van der Waals surface area contributed by atoms with Crippen molar-refractivity contribution < 1.29 is 0 Å². The van der Waals surface area contributed by atoms with Gasteiger partial charge in [-0.15, -0.1) is 0 Å². The smallest absolute Gasteiger partial charge is 0.00982 e. The maximum atomic E-state index is 3.93. The summed E-state index contributed by atoms with van der Waals surface area (Å²) in [6.45, 7) is 7.82. The number of fused-ring (bicyclic) bond motifs is 4. The molecule has 0 amide bonds. The Bertz CT molecular complexity index is 551. The third kappa shape index (κ3) is 3.60. The van der Waals surface area contributed by atoms with E-state index in [0.29, 0.717) is 0 Å². The monoisotopic (exact) mass is 412 g/mol. The highest BCUT2D eigenvalue weighted by atomic mass is 14.9. The number of rotatable bonds is 3. The topological polar surface area (TPSA) is 24.1 Å². The largest absolute Gasteiger partial charge is 0.314 e. The summed E-state index contributed by atoms with van der Waals surface area (Å²) < 4.78 is 0. The van der Waals surface area contributed by atoms with Crippen LogP contribution in [0.3, 0.4) is 0 Å². The van der Waals surface area contributed by atoms with Crippen molar-refractivity contribution in [3.8, 4) is 0 Å². The van der Waals surface area contributed by atoms with Crippen molar-refractivity contribution in [3.63, 3.8) is 0 Å². The lowest BCUT2D eigenvalue weighted by Crippen LogP contribution is -2.48. The standard InChI is InChI=1S/C28H48N2/c1-17-11-21-13-19-5-3-9-29-27(19)15-25(21)23(17)7-8-24-18(2)12-22-14-20-6-4-10-30-28(20)16-26(22)24/h17-30H,3-16H2,1-2H3. The zero-order valence-corrected chi connectivity index (χ0v) is 19.8. The first kappa shape index (κ1) is 20.5. The summed E-state index contributed by atoms with van der Waals surface area (Å²) in [5.74, 6) is 10.3. The Labute approximate surface area is 186 Å². The fourth-order valence-corrected chi connectivity index (χ4v) is 10.4. The Balaban J connectivity index is 1.10. The molecule has 12 atom stereocenters. The van der Waals surface area contributed by atoms with Crippen LogP contribution < -0.4 is 10.6 Å². The Kier molecular flexibility index (Phi) is 5.72. The molecule has 6 aliphatic rings. The van der Waals surface area contributed by atoms with Gasteiger partial charge in [-0.3, -0.25) is 0 Å².